The zero-order valence-corrected chi connectivity index (χ0v) is 10.0. The number of hydrogen-bond donors (Lipinski definition) is 1. The summed E-state index contributed by atoms with van der Waals surface area (Å²) in [5.41, 5.74) is 2.98. The first-order chi connectivity index (χ1) is 8.84. The number of benzene rings is 1. The lowest BCUT2D eigenvalue weighted by Gasteiger charge is -2.05. The van der Waals surface area contributed by atoms with Crippen molar-refractivity contribution in [3.8, 4) is 0 Å². The summed E-state index contributed by atoms with van der Waals surface area (Å²) < 4.78 is 1.74. The molecular formula is C13H13N5. The Morgan fingerprint density at radius 2 is 2.00 bits per heavy atom. The van der Waals surface area contributed by atoms with E-state index in [1.54, 1.807) is 10.9 Å². The van der Waals surface area contributed by atoms with Gasteiger partial charge in [-0.3, -0.25) is 0 Å². The van der Waals surface area contributed by atoms with E-state index in [4.69, 9.17) is 0 Å². The average Bonchev–Trinajstić information content (AvgIpc) is 2.80. The highest BCUT2D eigenvalue weighted by molar-refractivity contribution is 5.84. The van der Waals surface area contributed by atoms with Gasteiger partial charge in [-0.2, -0.15) is 0 Å². The van der Waals surface area contributed by atoms with Crippen LogP contribution in [0, 0.1) is 0 Å². The van der Waals surface area contributed by atoms with E-state index in [0.717, 1.165) is 23.4 Å². The molecule has 0 atom stereocenters. The van der Waals surface area contributed by atoms with E-state index >= 15 is 0 Å². The molecule has 0 unspecified atom stereocenters. The molecule has 0 aliphatic heterocycles. The van der Waals surface area contributed by atoms with Crippen molar-refractivity contribution in [2.45, 2.75) is 6.54 Å². The Morgan fingerprint density at radius 3 is 2.83 bits per heavy atom. The predicted octanol–water partition coefficient (Wildman–Crippen LogP) is 1.98. The van der Waals surface area contributed by atoms with E-state index in [-0.39, 0.29) is 0 Å². The number of pyridine rings is 1. The molecular weight excluding hydrogens is 226 g/mol. The van der Waals surface area contributed by atoms with Gasteiger partial charge in [0.05, 0.1) is 5.52 Å². The number of hydrogen-bond acceptors (Lipinski definition) is 4. The number of anilines is 1. The fourth-order valence-corrected chi connectivity index (χ4v) is 1.87. The van der Waals surface area contributed by atoms with Crippen molar-refractivity contribution in [3.63, 3.8) is 0 Å². The van der Waals surface area contributed by atoms with Crippen molar-refractivity contribution in [1.29, 1.82) is 0 Å². The highest BCUT2D eigenvalue weighted by Crippen LogP contribution is 2.17. The number of rotatable bonds is 3. The molecule has 3 aromatic rings. The molecule has 18 heavy (non-hydrogen) atoms. The number of nitrogens with zero attached hydrogens (tertiary/aromatic N) is 4. The summed E-state index contributed by atoms with van der Waals surface area (Å²) in [7, 11) is 1.87. The Bertz CT molecular complexity index is 659. The zero-order valence-electron chi connectivity index (χ0n) is 10.0. The Balaban J connectivity index is 1.87. The standard InChI is InChI=1S/C13H13N5/c1-18-11-7-8-14-13(12(11)16-17-18)15-9-10-5-3-2-4-6-10/h2-8H,9H2,1H3,(H,14,15). The first-order valence-electron chi connectivity index (χ1n) is 5.77. The van der Waals surface area contributed by atoms with Crippen LogP contribution in [0.25, 0.3) is 11.0 Å². The second-order valence-electron chi connectivity index (χ2n) is 4.08. The molecule has 0 amide bonds. The normalized spacial score (nSPS) is 10.7. The number of nitrogens with one attached hydrogen (secondary N) is 1. The molecule has 5 nitrogen and oxygen atoms in total. The van der Waals surface area contributed by atoms with Crippen LogP contribution >= 0.6 is 0 Å². The van der Waals surface area contributed by atoms with Crippen LogP contribution in [0.2, 0.25) is 0 Å². The molecule has 0 saturated carbocycles. The minimum absolute atomic E-state index is 0.726. The first-order valence-corrected chi connectivity index (χ1v) is 5.77. The van der Waals surface area contributed by atoms with Crippen LogP contribution < -0.4 is 5.32 Å². The molecule has 0 aliphatic carbocycles. The minimum Gasteiger partial charge on any atom is -0.364 e. The average molecular weight is 239 g/mol. The molecule has 5 heteroatoms. The summed E-state index contributed by atoms with van der Waals surface area (Å²) in [5, 5.41) is 11.4. The second-order valence-corrected chi connectivity index (χ2v) is 4.08. The molecule has 0 aliphatic rings. The topological polar surface area (TPSA) is 55.6 Å². The van der Waals surface area contributed by atoms with Crippen molar-refractivity contribution in [2.24, 2.45) is 7.05 Å². The van der Waals surface area contributed by atoms with Crippen LogP contribution in [0.4, 0.5) is 5.82 Å². The summed E-state index contributed by atoms with van der Waals surface area (Å²) in [6.07, 6.45) is 1.76. The van der Waals surface area contributed by atoms with Crippen molar-refractivity contribution >= 4 is 16.9 Å². The molecule has 1 N–H and O–H groups in total. The maximum Gasteiger partial charge on any atom is 0.156 e. The van der Waals surface area contributed by atoms with Gasteiger partial charge in [0.2, 0.25) is 0 Å². The maximum absolute atomic E-state index is 4.31. The molecule has 3 rings (SSSR count). The molecule has 2 aromatic heterocycles. The van der Waals surface area contributed by atoms with Gasteiger partial charge < -0.3 is 5.32 Å². The third-order valence-corrected chi connectivity index (χ3v) is 2.83. The first kappa shape index (κ1) is 10.7. The Kier molecular flexibility index (Phi) is 2.64. The fraction of sp³-hybridized carbons (Fsp3) is 0.154. The molecule has 0 radical (unpaired) electrons. The molecule has 90 valence electrons. The largest absolute Gasteiger partial charge is 0.364 e. The van der Waals surface area contributed by atoms with Crippen molar-refractivity contribution in [3.05, 3.63) is 48.2 Å². The summed E-state index contributed by atoms with van der Waals surface area (Å²) in [6, 6.07) is 12.1. The minimum atomic E-state index is 0.726. The van der Waals surface area contributed by atoms with Gasteiger partial charge in [-0.05, 0) is 11.6 Å². The summed E-state index contributed by atoms with van der Waals surface area (Å²) in [5.74, 6) is 0.768. The van der Waals surface area contributed by atoms with E-state index in [1.807, 2.05) is 31.3 Å². The van der Waals surface area contributed by atoms with Crippen LogP contribution in [-0.4, -0.2) is 20.0 Å². The van der Waals surface area contributed by atoms with Gasteiger partial charge in [0, 0.05) is 19.8 Å². The molecule has 0 spiro atoms. The predicted molar refractivity (Wildman–Crippen MR) is 70.1 cm³/mol. The van der Waals surface area contributed by atoms with Crippen LogP contribution in [0.15, 0.2) is 42.6 Å². The lowest BCUT2D eigenvalue weighted by atomic mass is 10.2. The van der Waals surface area contributed by atoms with Gasteiger partial charge in [0.25, 0.3) is 0 Å². The van der Waals surface area contributed by atoms with E-state index in [0.29, 0.717) is 0 Å². The van der Waals surface area contributed by atoms with E-state index in [9.17, 15) is 0 Å². The molecule has 0 fully saturated rings. The van der Waals surface area contributed by atoms with Gasteiger partial charge in [-0.1, -0.05) is 35.5 Å². The van der Waals surface area contributed by atoms with Crippen LogP contribution in [-0.2, 0) is 13.6 Å². The fourth-order valence-electron chi connectivity index (χ4n) is 1.87. The highest BCUT2D eigenvalue weighted by Gasteiger charge is 2.07. The quantitative estimate of drug-likeness (QED) is 0.759. The summed E-state index contributed by atoms with van der Waals surface area (Å²) in [4.78, 5) is 4.31. The van der Waals surface area contributed by atoms with Crippen LogP contribution in [0.1, 0.15) is 5.56 Å². The zero-order chi connectivity index (χ0) is 12.4. The number of fused-ring (bicyclic) bond motifs is 1. The smallest absolute Gasteiger partial charge is 0.156 e. The number of aromatic nitrogens is 4. The van der Waals surface area contributed by atoms with Gasteiger partial charge in [-0.15, -0.1) is 5.10 Å². The van der Waals surface area contributed by atoms with Gasteiger partial charge in [0.15, 0.2) is 11.3 Å². The third kappa shape index (κ3) is 1.90. The van der Waals surface area contributed by atoms with Crippen LogP contribution in [0.5, 0.6) is 0 Å². The maximum atomic E-state index is 4.31. The van der Waals surface area contributed by atoms with Gasteiger partial charge in [0.1, 0.15) is 0 Å². The van der Waals surface area contributed by atoms with Gasteiger partial charge >= 0.3 is 0 Å². The van der Waals surface area contributed by atoms with Crippen molar-refractivity contribution in [2.75, 3.05) is 5.32 Å². The third-order valence-electron chi connectivity index (χ3n) is 2.83. The SMILES string of the molecule is Cn1nnc2c(NCc3ccccc3)nccc21. The van der Waals surface area contributed by atoms with Gasteiger partial charge in [-0.25, -0.2) is 9.67 Å². The highest BCUT2D eigenvalue weighted by atomic mass is 15.4. The lowest BCUT2D eigenvalue weighted by Crippen LogP contribution is -2.01. The van der Waals surface area contributed by atoms with E-state index in [1.165, 1.54) is 5.56 Å². The Labute approximate surface area is 104 Å². The van der Waals surface area contributed by atoms with Crippen LogP contribution in [0.3, 0.4) is 0 Å². The van der Waals surface area contributed by atoms with Crippen molar-refractivity contribution in [1.82, 2.24) is 20.0 Å². The molecule has 2 heterocycles. The second kappa shape index (κ2) is 4.44. The summed E-state index contributed by atoms with van der Waals surface area (Å²) >= 11 is 0. The van der Waals surface area contributed by atoms with Crippen molar-refractivity contribution < 1.29 is 0 Å². The molecule has 1 aromatic carbocycles. The van der Waals surface area contributed by atoms with E-state index in [2.05, 4.69) is 32.7 Å². The summed E-state index contributed by atoms with van der Waals surface area (Å²) in [6.45, 7) is 0.726. The number of aryl methyl sites for hydroxylation is 1. The molecule has 0 saturated heterocycles. The Morgan fingerprint density at radius 1 is 1.17 bits per heavy atom. The monoisotopic (exact) mass is 239 g/mol. The molecule has 0 bridgehead atoms. The van der Waals surface area contributed by atoms with E-state index < -0.39 is 0 Å². The Hall–Kier alpha value is -2.43. The lowest BCUT2D eigenvalue weighted by molar-refractivity contribution is 0.736.